The number of hydrogen-bond acceptors (Lipinski definition) is 13. The Morgan fingerprint density at radius 3 is 1.96 bits per heavy atom. The van der Waals surface area contributed by atoms with Crippen molar-refractivity contribution in [1.29, 1.82) is 0 Å². The summed E-state index contributed by atoms with van der Waals surface area (Å²) in [6, 6.07) is 34.3. The van der Waals surface area contributed by atoms with Crippen LogP contribution in [0.5, 0.6) is 5.75 Å². The summed E-state index contributed by atoms with van der Waals surface area (Å²) in [6.45, 7) is 9.14. The maximum Gasteiger partial charge on any atom is 0.404 e. The molecular formula is C52H59N9O10S2Si. The molecule has 5 aromatic carbocycles. The number of carbonyl (C=O) groups excluding carboxylic acids is 2. The van der Waals surface area contributed by atoms with Crippen molar-refractivity contribution in [3.05, 3.63) is 161 Å². The van der Waals surface area contributed by atoms with Gasteiger partial charge in [0.2, 0.25) is 25.9 Å². The molecule has 3 heterocycles. The highest BCUT2D eigenvalue weighted by Gasteiger charge is 2.42. The van der Waals surface area contributed by atoms with Crippen LogP contribution in [0.1, 0.15) is 58.2 Å². The summed E-state index contributed by atoms with van der Waals surface area (Å²) in [5.41, 5.74) is 3.32. The van der Waals surface area contributed by atoms with Crippen LogP contribution in [0.15, 0.2) is 143 Å². The van der Waals surface area contributed by atoms with Crippen LogP contribution in [0, 0.1) is 0 Å². The van der Waals surface area contributed by atoms with Crippen LogP contribution in [0.25, 0.3) is 11.4 Å². The fourth-order valence-corrected chi connectivity index (χ4v) is 13.3. The van der Waals surface area contributed by atoms with E-state index in [9.17, 15) is 19.5 Å². The summed E-state index contributed by atoms with van der Waals surface area (Å²) in [6.07, 6.45) is -0.492. The van der Waals surface area contributed by atoms with Gasteiger partial charge in [0.15, 0.2) is 8.32 Å². The van der Waals surface area contributed by atoms with E-state index in [1.165, 1.54) is 26.1 Å². The summed E-state index contributed by atoms with van der Waals surface area (Å²) in [4.78, 5) is 41.7. The number of benzene rings is 5. The summed E-state index contributed by atoms with van der Waals surface area (Å²) < 4.78 is 78.4. The lowest BCUT2D eigenvalue weighted by molar-refractivity contribution is 0.0667. The minimum Gasteiger partial charge on any atom is -0.497 e. The molecule has 0 saturated carbocycles. The Balaban J connectivity index is 1.28. The van der Waals surface area contributed by atoms with Gasteiger partial charge in [0.05, 0.1) is 43.0 Å². The molecule has 0 saturated heterocycles. The molecule has 0 spiro atoms. The second kappa shape index (κ2) is 21.8. The monoisotopic (exact) mass is 1060 g/mol. The van der Waals surface area contributed by atoms with Crippen molar-refractivity contribution in [3.63, 3.8) is 0 Å². The van der Waals surface area contributed by atoms with Crippen molar-refractivity contribution in [2.75, 3.05) is 44.7 Å². The molecule has 2 aliphatic heterocycles. The Bertz CT molecular complexity index is 3220. The third kappa shape index (κ3) is 11.8. The number of hydrogen-bond donors (Lipinski definition) is 3. The predicted molar refractivity (Wildman–Crippen MR) is 280 cm³/mol. The molecule has 3 amide bonds. The van der Waals surface area contributed by atoms with Gasteiger partial charge in [-0.05, 0) is 82.0 Å². The van der Waals surface area contributed by atoms with E-state index in [0.717, 1.165) is 5.56 Å². The number of carbonyl (C=O) groups is 3. The molecule has 8 rings (SSSR count). The van der Waals surface area contributed by atoms with E-state index in [1.807, 2.05) is 52.1 Å². The minimum absolute atomic E-state index is 0.0488. The maximum atomic E-state index is 16.1. The summed E-state index contributed by atoms with van der Waals surface area (Å²) in [5.74, 6) is -0.458. The Morgan fingerprint density at radius 2 is 1.39 bits per heavy atom. The lowest BCUT2D eigenvalue weighted by Crippen LogP contribution is -2.50. The molecule has 0 radical (unpaired) electrons. The van der Waals surface area contributed by atoms with Gasteiger partial charge < -0.3 is 24.5 Å². The number of tetrazole rings is 1. The van der Waals surface area contributed by atoms with Gasteiger partial charge in [-0.25, -0.2) is 26.4 Å². The van der Waals surface area contributed by atoms with Gasteiger partial charge in [0.25, 0.3) is 11.8 Å². The highest BCUT2D eigenvalue weighted by Crippen LogP contribution is 2.43. The van der Waals surface area contributed by atoms with Crippen LogP contribution in [0.4, 0.5) is 10.5 Å². The van der Waals surface area contributed by atoms with Gasteiger partial charge in [-0.1, -0.05) is 112 Å². The van der Waals surface area contributed by atoms with Crippen molar-refractivity contribution >= 4 is 52.0 Å². The Hall–Kier alpha value is -7.08. The number of amides is 3. The van der Waals surface area contributed by atoms with Gasteiger partial charge in [-0.2, -0.15) is 9.10 Å². The first-order chi connectivity index (χ1) is 35.1. The molecule has 0 fully saturated rings. The van der Waals surface area contributed by atoms with E-state index < -0.39 is 68.7 Å². The van der Waals surface area contributed by atoms with Gasteiger partial charge in [-0.15, -0.1) is 10.2 Å². The fraction of sp³-hybridized carbons (Fsp3) is 0.308. The van der Waals surface area contributed by atoms with Crippen molar-refractivity contribution < 1.29 is 45.5 Å². The highest BCUT2D eigenvalue weighted by atomic mass is 32.2. The third-order valence-corrected chi connectivity index (χ3v) is 21.4. The van der Waals surface area contributed by atoms with E-state index in [0.29, 0.717) is 33.6 Å². The number of rotatable bonds is 21. The minimum atomic E-state index is -4.96. The number of sulfonamides is 2. The van der Waals surface area contributed by atoms with Gasteiger partial charge >= 0.3 is 6.09 Å². The van der Waals surface area contributed by atoms with Crippen LogP contribution in [-0.2, 0) is 44.1 Å². The number of nitrogens with zero attached hydrogens (tertiary/aromatic N) is 7. The average molecular weight is 1060 g/mol. The van der Waals surface area contributed by atoms with E-state index in [4.69, 9.17) is 14.3 Å². The number of anilines is 1. The smallest absolute Gasteiger partial charge is 0.404 e. The lowest BCUT2D eigenvalue weighted by Gasteiger charge is -2.39. The van der Waals surface area contributed by atoms with Crippen LogP contribution in [-0.4, -0.2) is 124 Å². The first kappa shape index (κ1) is 53.2. The van der Waals surface area contributed by atoms with Crippen LogP contribution >= 0.6 is 0 Å². The van der Waals surface area contributed by atoms with Crippen LogP contribution in [0.2, 0.25) is 18.1 Å². The number of methoxy groups -OCH3 is 1. The molecule has 19 nitrogen and oxygen atoms in total. The topological polar surface area (TPSA) is 236 Å². The van der Waals surface area contributed by atoms with Crippen molar-refractivity contribution in [1.82, 2.24) is 39.5 Å². The van der Waals surface area contributed by atoms with E-state index in [2.05, 4.69) is 20.4 Å². The quantitative estimate of drug-likeness (QED) is 0.0384. The second-order valence-corrected chi connectivity index (χ2v) is 27.9. The number of carboxylic acid groups (broad SMARTS) is 1. The highest BCUT2D eigenvalue weighted by molar-refractivity contribution is 7.92. The first-order valence-electron chi connectivity index (χ1n) is 23.8. The maximum absolute atomic E-state index is 16.1. The SMILES string of the molecule is COc1ccc(Cn2nnc(-c3c(N4CC=C(CN5C(=O)c6ccccc6C5=O)C4)ccc(S(=O)(=O)NCC(CNC(=O)O)O[Si](C)(C)C(C)(C)C)c3S(=O)(=O)N(Cc3ccccc3)Cc3ccccc3)n2)cc1. The molecule has 2 aliphatic rings. The summed E-state index contributed by atoms with van der Waals surface area (Å²) in [5, 5.41) is 25.1. The lowest BCUT2D eigenvalue weighted by atomic mass is 10.1. The second-order valence-electron chi connectivity index (χ2n) is 19.5. The molecule has 22 heteroatoms. The van der Waals surface area contributed by atoms with Crippen LogP contribution < -0.4 is 19.7 Å². The molecule has 3 N–H and O–H groups in total. The molecule has 74 heavy (non-hydrogen) atoms. The molecule has 0 bridgehead atoms. The number of aromatic nitrogens is 4. The zero-order valence-electron chi connectivity index (χ0n) is 41.9. The standard InChI is InChI=1S/C52H59N9O10S2Si/c1-52(2,3)74(5,6)71-41(29-53-51(64)65)30-54-72(66,67)45-26-25-44(58-28-27-39(31-58)34-60-49(62)42-19-13-14-20-43(42)50(60)63)46(48-55-57-61(56-48)35-38-21-23-40(70-4)24-22-38)47(45)73(68,69)59(32-36-15-9-7-10-16-36)33-37-17-11-8-12-18-37/h7-27,41,53-54H,28-35H2,1-6H3,(H,64,65). The zero-order valence-corrected chi connectivity index (χ0v) is 44.6. The molecule has 1 aromatic heterocycles. The number of ether oxygens (including phenoxy) is 1. The van der Waals surface area contributed by atoms with Gasteiger partial charge in [0.1, 0.15) is 15.5 Å². The third-order valence-electron chi connectivity index (χ3n) is 13.4. The molecule has 1 unspecified atom stereocenters. The summed E-state index contributed by atoms with van der Waals surface area (Å²) >= 11 is 0. The number of nitrogens with one attached hydrogen (secondary N) is 2. The number of fused-ring (bicyclic) bond motifs is 1. The zero-order chi connectivity index (χ0) is 53.0. The largest absolute Gasteiger partial charge is 0.497 e. The number of imide groups is 1. The Morgan fingerprint density at radius 1 is 0.797 bits per heavy atom. The van der Waals surface area contributed by atoms with E-state index in [1.54, 1.807) is 109 Å². The van der Waals surface area contributed by atoms with E-state index in [-0.39, 0.29) is 67.9 Å². The molecule has 6 aromatic rings. The molecular weight excluding hydrogens is 1000 g/mol. The molecule has 1 atom stereocenters. The summed E-state index contributed by atoms with van der Waals surface area (Å²) in [7, 11) is -10.9. The van der Waals surface area contributed by atoms with Crippen LogP contribution in [0.3, 0.4) is 0 Å². The van der Waals surface area contributed by atoms with E-state index >= 15 is 16.8 Å². The van der Waals surface area contributed by atoms with Crippen molar-refractivity contribution in [3.8, 4) is 17.1 Å². The Kier molecular flexibility index (Phi) is 15.7. The molecule has 0 aliphatic carbocycles. The van der Waals surface area contributed by atoms with Gasteiger partial charge in [0, 0.05) is 45.0 Å². The van der Waals surface area contributed by atoms with Crippen molar-refractivity contribution in [2.45, 2.75) is 74.4 Å². The predicted octanol–water partition coefficient (Wildman–Crippen LogP) is 6.77. The Labute approximate surface area is 432 Å². The van der Waals surface area contributed by atoms with Gasteiger partial charge in [-0.3, -0.25) is 14.5 Å². The average Bonchev–Trinajstić information content (AvgIpc) is 4.11. The van der Waals surface area contributed by atoms with Crippen molar-refractivity contribution in [2.24, 2.45) is 0 Å². The molecule has 388 valence electrons. The fourth-order valence-electron chi connectivity index (χ4n) is 8.46. The normalized spacial score (nSPS) is 14.6. The first-order valence-corrected chi connectivity index (χ1v) is 29.7.